The van der Waals surface area contributed by atoms with Crippen molar-refractivity contribution >= 4 is 23.2 Å². The van der Waals surface area contributed by atoms with Gasteiger partial charge in [0.15, 0.2) is 11.6 Å². The zero-order valence-corrected chi connectivity index (χ0v) is 11.3. The van der Waals surface area contributed by atoms with Gasteiger partial charge < -0.3 is 5.73 Å². The normalized spacial score (nSPS) is 12.5. The Kier molecular flexibility index (Phi) is 4.40. The van der Waals surface area contributed by atoms with Crippen LogP contribution in [0.4, 0.5) is 8.78 Å². The predicted molar refractivity (Wildman–Crippen MR) is 73.5 cm³/mol. The fourth-order valence-corrected chi connectivity index (χ4v) is 2.36. The molecule has 0 spiro atoms. The Morgan fingerprint density at radius 3 is 2.21 bits per heavy atom. The lowest BCUT2D eigenvalue weighted by atomic mass is 9.99. The van der Waals surface area contributed by atoms with Gasteiger partial charge in [-0.05, 0) is 41.8 Å². The number of hydrogen-bond donors (Lipinski definition) is 1. The molecule has 0 bridgehead atoms. The highest BCUT2D eigenvalue weighted by atomic mass is 35.5. The first-order chi connectivity index (χ1) is 8.99. The molecule has 1 atom stereocenters. The maximum Gasteiger partial charge on any atom is 0.159 e. The van der Waals surface area contributed by atoms with Crippen LogP contribution in [0.15, 0.2) is 36.4 Å². The zero-order valence-electron chi connectivity index (χ0n) is 9.84. The van der Waals surface area contributed by atoms with E-state index in [4.69, 9.17) is 28.9 Å². The van der Waals surface area contributed by atoms with Gasteiger partial charge in [-0.3, -0.25) is 0 Å². The molecule has 0 aliphatic heterocycles. The van der Waals surface area contributed by atoms with Gasteiger partial charge >= 0.3 is 0 Å². The summed E-state index contributed by atoms with van der Waals surface area (Å²) in [5.41, 5.74) is 7.17. The van der Waals surface area contributed by atoms with Gasteiger partial charge in [0.2, 0.25) is 0 Å². The van der Waals surface area contributed by atoms with Crippen LogP contribution >= 0.6 is 23.2 Å². The number of benzene rings is 2. The van der Waals surface area contributed by atoms with Gasteiger partial charge in [0.05, 0.1) is 0 Å². The highest BCUT2D eigenvalue weighted by Crippen LogP contribution is 2.28. The Hall–Kier alpha value is -1.16. The highest BCUT2D eigenvalue weighted by Gasteiger charge is 2.14. The van der Waals surface area contributed by atoms with Crippen molar-refractivity contribution in [2.45, 2.75) is 12.5 Å². The molecule has 2 aromatic carbocycles. The van der Waals surface area contributed by atoms with Crippen molar-refractivity contribution in [3.8, 4) is 0 Å². The van der Waals surface area contributed by atoms with E-state index in [0.717, 1.165) is 12.1 Å². The lowest BCUT2D eigenvalue weighted by Crippen LogP contribution is -2.14. The molecule has 0 saturated carbocycles. The van der Waals surface area contributed by atoms with Crippen molar-refractivity contribution in [2.24, 2.45) is 5.73 Å². The average molecular weight is 302 g/mol. The van der Waals surface area contributed by atoms with Crippen LogP contribution in [0, 0.1) is 11.6 Å². The molecule has 0 aromatic heterocycles. The fourth-order valence-electron chi connectivity index (χ4n) is 1.81. The average Bonchev–Trinajstić information content (AvgIpc) is 2.37. The van der Waals surface area contributed by atoms with E-state index in [1.165, 1.54) is 6.07 Å². The predicted octanol–water partition coefficient (Wildman–Crippen LogP) is 4.51. The third-order valence-electron chi connectivity index (χ3n) is 2.86. The second-order valence-corrected chi connectivity index (χ2v) is 5.00. The Morgan fingerprint density at radius 2 is 1.63 bits per heavy atom. The van der Waals surface area contributed by atoms with E-state index >= 15 is 0 Å². The van der Waals surface area contributed by atoms with E-state index in [0.29, 0.717) is 27.6 Å². The third kappa shape index (κ3) is 3.24. The van der Waals surface area contributed by atoms with Crippen LogP contribution in [-0.2, 0) is 6.42 Å². The maximum atomic E-state index is 13.2. The number of nitrogens with two attached hydrogens (primary N) is 1. The van der Waals surface area contributed by atoms with Crippen molar-refractivity contribution in [3.63, 3.8) is 0 Å². The molecule has 1 nitrogen and oxygen atoms in total. The van der Waals surface area contributed by atoms with Crippen molar-refractivity contribution in [3.05, 3.63) is 69.2 Å². The molecule has 19 heavy (non-hydrogen) atoms. The van der Waals surface area contributed by atoms with Gasteiger partial charge in [-0.15, -0.1) is 0 Å². The first-order valence-electron chi connectivity index (χ1n) is 5.62. The minimum absolute atomic E-state index is 0.351. The summed E-state index contributed by atoms with van der Waals surface area (Å²) >= 11 is 12.1. The molecule has 2 rings (SSSR count). The molecule has 0 saturated heterocycles. The lowest BCUT2D eigenvalue weighted by Gasteiger charge is -2.14. The lowest BCUT2D eigenvalue weighted by molar-refractivity contribution is 0.505. The van der Waals surface area contributed by atoms with Crippen molar-refractivity contribution in [2.75, 3.05) is 0 Å². The Balaban J connectivity index is 2.25. The Bertz CT molecular complexity index is 582. The van der Waals surface area contributed by atoms with Crippen LogP contribution in [0.25, 0.3) is 0 Å². The molecule has 0 fully saturated rings. The molecule has 0 heterocycles. The molecule has 5 heteroatoms. The van der Waals surface area contributed by atoms with Crippen LogP contribution in [0.3, 0.4) is 0 Å². The van der Waals surface area contributed by atoms with Crippen molar-refractivity contribution in [1.29, 1.82) is 0 Å². The van der Waals surface area contributed by atoms with Crippen LogP contribution < -0.4 is 5.73 Å². The molecule has 100 valence electrons. The van der Waals surface area contributed by atoms with E-state index < -0.39 is 17.7 Å². The van der Waals surface area contributed by atoms with Crippen LogP contribution in [0.2, 0.25) is 10.0 Å². The Labute approximate surface area is 119 Å². The summed E-state index contributed by atoms with van der Waals surface area (Å²) < 4.78 is 26.0. The molecule has 1 unspecified atom stereocenters. The van der Waals surface area contributed by atoms with E-state index in [-0.39, 0.29) is 0 Å². The first kappa shape index (κ1) is 14.3. The first-order valence-corrected chi connectivity index (χ1v) is 6.38. The van der Waals surface area contributed by atoms with Crippen molar-refractivity contribution < 1.29 is 8.78 Å². The van der Waals surface area contributed by atoms with Gasteiger partial charge in [-0.1, -0.05) is 35.3 Å². The summed E-state index contributed by atoms with van der Waals surface area (Å²) in [6.07, 6.45) is 0.351. The molecular formula is C14H11Cl2F2N. The van der Waals surface area contributed by atoms with Gasteiger partial charge in [0.1, 0.15) is 0 Å². The molecule has 0 radical (unpaired) electrons. The van der Waals surface area contributed by atoms with E-state index in [1.807, 2.05) is 0 Å². The molecule has 0 aliphatic rings. The second-order valence-electron chi connectivity index (χ2n) is 4.18. The third-order valence-corrected chi connectivity index (χ3v) is 3.57. The van der Waals surface area contributed by atoms with Crippen LogP contribution in [0.1, 0.15) is 17.2 Å². The smallest absolute Gasteiger partial charge is 0.159 e. The topological polar surface area (TPSA) is 26.0 Å². The van der Waals surface area contributed by atoms with Crippen LogP contribution in [-0.4, -0.2) is 0 Å². The molecular weight excluding hydrogens is 291 g/mol. The quantitative estimate of drug-likeness (QED) is 0.886. The molecule has 0 amide bonds. The minimum atomic E-state index is -0.918. The zero-order chi connectivity index (χ0) is 14.0. The van der Waals surface area contributed by atoms with Gasteiger partial charge in [0, 0.05) is 16.1 Å². The minimum Gasteiger partial charge on any atom is -0.324 e. The number of halogens is 4. The van der Waals surface area contributed by atoms with Crippen LogP contribution in [0.5, 0.6) is 0 Å². The molecule has 2 aromatic rings. The largest absolute Gasteiger partial charge is 0.324 e. The summed E-state index contributed by atoms with van der Waals surface area (Å²) in [5, 5.41) is 1.01. The summed E-state index contributed by atoms with van der Waals surface area (Å²) in [7, 11) is 0. The Morgan fingerprint density at radius 1 is 1.00 bits per heavy atom. The summed E-state index contributed by atoms with van der Waals surface area (Å²) in [6.45, 7) is 0. The molecule has 0 aliphatic carbocycles. The van der Waals surface area contributed by atoms with E-state index in [1.54, 1.807) is 18.2 Å². The highest BCUT2D eigenvalue weighted by molar-refractivity contribution is 6.36. The van der Waals surface area contributed by atoms with E-state index in [2.05, 4.69) is 0 Å². The summed E-state index contributed by atoms with van der Waals surface area (Å²) in [6, 6.07) is 8.24. The summed E-state index contributed by atoms with van der Waals surface area (Å²) in [4.78, 5) is 0. The fraction of sp³-hybridized carbons (Fsp3) is 0.143. The van der Waals surface area contributed by atoms with Crippen molar-refractivity contribution in [1.82, 2.24) is 0 Å². The molecule has 2 N–H and O–H groups in total. The monoisotopic (exact) mass is 301 g/mol. The standard InChI is InChI=1S/C14H11Cl2F2N/c15-10-2-1-3-11(16)9(10)7-14(19)8-4-5-12(17)13(18)6-8/h1-6,14H,7,19H2. The second kappa shape index (κ2) is 5.87. The van der Waals surface area contributed by atoms with Gasteiger partial charge in [-0.2, -0.15) is 0 Å². The number of rotatable bonds is 3. The van der Waals surface area contributed by atoms with E-state index in [9.17, 15) is 8.78 Å². The SMILES string of the molecule is NC(Cc1c(Cl)cccc1Cl)c1ccc(F)c(F)c1. The van der Waals surface area contributed by atoms with Gasteiger partial charge in [-0.25, -0.2) is 8.78 Å². The summed E-state index contributed by atoms with van der Waals surface area (Å²) in [5.74, 6) is -1.81. The maximum absolute atomic E-state index is 13.2. The number of hydrogen-bond acceptors (Lipinski definition) is 1. The van der Waals surface area contributed by atoms with Gasteiger partial charge in [0.25, 0.3) is 0 Å².